The number of methoxy groups -OCH3 is 2. The van der Waals surface area contributed by atoms with Crippen molar-refractivity contribution >= 4 is 11.6 Å². The monoisotopic (exact) mass is 490 g/mol. The van der Waals surface area contributed by atoms with Crippen molar-refractivity contribution in [1.29, 1.82) is 0 Å². The second-order valence-corrected chi connectivity index (χ2v) is 8.90. The van der Waals surface area contributed by atoms with E-state index < -0.39 is 0 Å². The summed E-state index contributed by atoms with van der Waals surface area (Å²) in [5.74, 6) is 2.09. The Morgan fingerprint density at radius 2 is 1.64 bits per heavy atom. The summed E-state index contributed by atoms with van der Waals surface area (Å²) in [6, 6.07) is 19.3. The molecular weight excluding hydrogens is 456 g/mol. The molecule has 8 nitrogen and oxygen atoms in total. The maximum absolute atomic E-state index is 13.2. The van der Waals surface area contributed by atoms with Crippen molar-refractivity contribution < 1.29 is 19.0 Å². The van der Waals surface area contributed by atoms with E-state index in [1.807, 2.05) is 61.5 Å². The number of benzene rings is 2. The van der Waals surface area contributed by atoms with E-state index >= 15 is 0 Å². The average molecular weight is 491 g/mol. The summed E-state index contributed by atoms with van der Waals surface area (Å²) in [6.45, 7) is 4.35. The molecular formula is C28H34N4O4. The van der Waals surface area contributed by atoms with Crippen LogP contribution >= 0.6 is 0 Å². The highest BCUT2D eigenvalue weighted by Crippen LogP contribution is 2.31. The number of aromatic nitrogens is 1. The van der Waals surface area contributed by atoms with Gasteiger partial charge in [-0.05, 0) is 68.7 Å². The Bertz CT molecular complexity index is 1160. The minimum atomic E-state index is -0.0541. The average Bonchev–Trinajstić information content (AvgIpc) is 2.92. The maximum Gasteiger partial charge on any atom is 0.272 e. The highest BCUT2D eigenvalue weighted by atomic mass is 16.5. The molecule has 0 radical (unpaired) electrons. The van der Waals surface area contributed by atoms with E-state index in [0.29, 0.717) is 42.6 Å². The van der Waals surface area contributed by atoms with Crippen LogP contribution in [0.2, 0.25) is 0 Å². The van der Waals surface area contributed by atoms with Crippen molar-refractivity contribution in [3.63, 3.8) is 0 Å². The lowest BCUT2D eigenvalue weighted by atomic mass is 10.1. The Kier molecular flexibility index (Phi) is 8.28. The Balaban J connectivity index is 1.36. The quantitative estimate of drug-likeness (QED) is 0.453. The van der Waals surface area contributed by atoms with Crippen molar-refractivity contribution in [3.8, 4) is 28.5 Å². The molecule has 1 aliphatic rings. The van der Waals surface area contributed by atoms with Gasteiger partial charge in [0.05, 0.1) is 19.9 Å². The number of ether oxygens (including phenoxy) is 3. The zero-order valence-corrected chi connectivity index (χ0v) is 21.4. The van der Waals surface area contributed by atoms with Crippen LogP contribution in [-0.4, -0.2) is 88.3 Å². The Labute approximate surface area is 213 Å². The van der Waals surface area contributed by atoms with E-state index in [2.05, 4.69) is 26.9 Å². The first-order chi connectivity index (χ1) is 17.5. The third-order valence-corrected chi connectivity index (χ3v) is 6.22. The summed E-state index contributed by atoms with van der Waals surface area (Å²) in [4.78, 5) is 24.1. The van der Waals surface area contributed by atoms with Crippen molar-refractivity contribution in [2.45, 2.75) is 0 Å². The Morgan fingerprint density at radius 3 is 2.31 bits per heavy atom. The van der Waals surface area contributed by atoms with Crippen molar-refractivity contribution in [2.75, 3.05) is 72.5 Å². The summed E-state index contributed by atoms with van der Waals surface area (Å²) in [7, 11) is 7.26. The smallest absolute Gasteiger partial charge is 0.272 e. The van der Waals surface area contributed by atoms with Gasteiger partial charge in [-0.15, -0.1) is 0 Å². The molecule has 1 saturated heterocycles. The predicted octanol–water partition coefficient (Wildman–Crippen LogP) is 3.67. The highest BCUT2D eigenvalue weighted by Gasteiger charge is 2.23. The van der Waals surface area contributed by atoms with Crippen LogP contribution in [0.25, 0.3) is 11.3 Å². The molecule has 0 aliphatic carbocycles. The summed E-state index contributed by atoms with van der Waals surface area (Å²) in [6.07, 6.45) is 0. The molecule has 8 heteroatoms. The van der Waals surface area contributed by atoms with Crippen LogP contribution in [0.5, 0.6) is 17.2 Å². The van der Waals surface area contributed by atoms with E-state index in [-0.39, 0.29) is 5.91 Å². The van der Waals surface area contributed by atoms with E-state index in [0.717, 1.165) is 36.6 Å². The molecule has 2 heterocycles. The van der Waals surface area contributed by atoms with E-state index in [9.17, 15) is 4.79 Å². The topological polar surface area (TPSA) is 67.4 Å². The van der Waals surface area contributed by atoms with Crippen LogP contribution in [0.3, 0.4) is 0 Å². The third kappa shape index (κ3) is 6.07. The lowest BCUT2D eigenvalue weighted by Gasteiger charge is -2.36. The summed E-state index contributed by atoms with van der Waals surface area (Å²) >= 11 is 0. The molecule has 0 unspecified atom stereocenters. The fourth-order valence-corrected chi connectivity index (χ4v) is 4.14. The van der Waals surface area contributed by atoms with Gasteiger partial charge in [0.15, 0.2) is 11.5 Å². The first kappa shape index (κ1) is 25.3. The molecule has 1 fully saturated rings. The second kappa shape index (κ2) is 11.8. The number of rotatable bonds is 9. The van der Waals surface area contributed by atoms with Gasteiger partial charge in [-0.25, -0.2) is 4.98 Å². The normalized spacial score (nSPS) is 13.6. The summed E-state index contributed by atoms with van der Waals surface area (Å²) < 4.78 is 16.5. The SMILES string of the molecule is COc1ccc(-c2cccc(C(=O)N3CCN(c4ccc(OCCN(C)C)cc4)CC3)n2)cc1OC. The van der Waals surface area contributed by atoms with Crippen LogP contribution in [0.15, 0.2) is 60.7 Å². The van der Waals surface area contributed by atoms with Crippen LogP contribution in [0.1, 0.15) is 10.5 Å². The van der Waals surface area contributed by atoms with Crippen LogP contribution in [0, 0.1) is 0 Å². The fraction of sp³-hybridized carbons (Fsp3) is 0.357. The molecule has 2 aromatic carbocycles. The van der Waals surface area contributed by atoms with Gasteiger partial charge in [-0.2, -0.15) is 0 Å². The molecule has 0 N–H and O–H groups in total. The molecule has 0 spiro atoms. The molecule has 36 heavy (non-hydrogen) atoms. The van der Waals surface area contributed by atoms with E-state index in [4.69, 9.17) is 14.2 Å². The van der Waals surface area contributed by atoms with Crippen LogP contribution in [0.4, 0.5) is 5.69 Å². The van der Waals surface area contributed by atoms with Gasteiger partial charge in [0.25, 0.3) is 5.91 Å². The fourth-order valence-electron chi connectivity index (χ4n) is 4.14. The highest BCUT2D eigenvalue weighted by molar-refractivity contribution is 5.93. The first-order valence-corrected chi connectivity index (χ1v) is 12.1. The number of carbonyl (C=O) groups is 1. The molecule has 4 rings (SSSR count). The first-order valence-electron chi connectivity index (χ1n) is 12.1. The number of piperazine rings is 1. The lowest BCUT2D eigenvalue weighted by molar-refractivity contribution is 0.0741. The van der Waals surface area contributed by atoms with Gasteiger partial charge >= 0.3 is 0 Å². The predicted molar refractivity (Wildman–Crippen MR) is 141 cm³/mol. The Hall–Kier alpha value is -3.78. The number of hydrogen-bond acceptors (Lipinski definition) is 7. The van der Waals surface area contributed by atoms with Gasteiger partial charge in [0, 0.05) is 44.0 Å². The maximum atomic E-state index is 13.2. The van der Waals surface area contributed by atoms with Gasteiger partial charge in [-0.1, -0.05) is 6.07 Å². The van der Waals surface area contributed by atoms with Gasteiger partial charge in [0.1, 0.15) is 18.1 Å². The van der Waals surface area contributed by atoms with Gasteiger partial charge in [0.2, 0.25) is 0 Å². The Morgan fingerprint density at radius 1 is 0.917 bits per heavy atom. The summed E-state index contributed by atoms with van der Waals surface area (Å²) in [5.41, 5.74) is 3.15. The standard InChI is InChI=1S/C28H34N4O4/c1-30(2)18-19-36-23-11-9-22(10-12-23)31-14-16-32(17-15-31)28(33)25-7-5-6-24(29-25)21-8-13-26(34-3)27(20-21)35-4/h5-13,20H,14-19H2,1-4H3. The lowest BCUT2D eigenvalue weighted by Crippen LogP contribution is -2.49. The minimum absolute atomic E-state index is 0.0541. The van der Waals surface area contributed by atoms with Crippen LogP contribution < -0.4 is 19.1 Å². The van der Waals surface area contributed by atoms with E-state index in [1.54, 1.807) is 20.3 Å². The van der Waals surface area contributed by atoms with Crippen molar-refractivity contribution in [3.05, 3.63) is 66.4 Å². The van der Waals surface area contributed by atoms with Crippen molar-refractivity contribution in [1.82, 2.24) is 14.8 Å². The number of likely N-dealkylation sites (N-methyl/N-ethyl adjacent to an activating group) is 1. The largest absolute Gasteiger partial charge is 0.493 e. The third-order valence-electron chi connectivity index (χ3n) is 6.22. The second-order valence-electron chi connectivity index (χ2n) is 8.90. The molecule has 0 bridgehead atoms. The molecule has 3 aromatic rings. The van der Waals surface area contributed by atoms with Crippen molar-refractivity contribution in [2.24, 2.45) is 0 Å². The van der Waals surface area contributed by atoms with Crippen LogP contribution in [-0.2, 0) is 0 Å². The molecule has 1 aromatic heterocycles. The molecule has 190 valence electrons. The molecule has 0 atom stereocenters. The zero-order chi connectivity index (χ0) is 25.5. The number of carbonyl (C=O) groups excluding carboxylic acids is 1. The number of hydrogen-bond donors (Lipinski definition) is 0. The number of nitrogens with zero attached hydrogens (tertiary/aromatic N) is 4. The number of anilines is 1. The molecule has 0 saturated carbocycles. The molecule has 1 aliphatic heterocycles. The molecule has 1 amide bonds. The van der Waals surface area contributed by atoms with Gasteiger partial charge in [-0.3, -0.25) is 4.79 Å². The van der Waals surface area contributed by atoms with Gasteiger partial charge < -0.3 is 28.9 Å². The zero-order valence-electron chi connectivity index (χ0n) is 21.4. The van der Waals surface area contributed by atoms with E-state index in [1.165, 1.54) is 0 Å². The summed E-state index contributed by atoms with van der Waals surface area (Å²) in [5, 5.41) is 0. The number of amides is 1. The minimum Gasteiger partial charge on any atom is -0.493 e. The number of pyridine rings is 1.